The lowest BCUT2D eigenvalue weighted by Crippen LogP contribution is -2.44. The van der Waals surface area contributed by atoms with Gasteiger partial charge in [0.1, 0.15) is 5.75 Å². The molecule has 8 heteroatoms. The van der Waals surface area contributed by atoms with E-state index in [1.54, 1.807) is 12.1 Å². The van der Waals surface area contributed by atoms with Crippen molar-refractivity contribution in [3.05, 3.63) is 65.0 Å². The third kappa shape index (κ3) is 6.15. The number of carbonyl (C=O) groups excluding carboxylic acids is 1. The van der Waals surface area contributed by atoms with Gasteiger partial charge in [-0.2, -0.15) is 4.98 Å². The summed E-state index contributed by atoms with van der Waals surface area (Å²) in [6, 6.07) is 15.5. The van der Waals surface area contributed by atoms with Gasteiger partial charge in [0.25, 0.3) is 0 Å². The number of hydrogen-bond acceptors (Lipinski definition) is 6. The fraction of sp³-hybridized carbons (Fsp3) is 0.423. The highest BCUT2D eigenvalue weighted by molar-refractivity contribution is 6.30. The lowest BCUT2D eigenvalue weighted by atomic mass is 9.74. The topological polar surface area (TPSA) is 86.5 Å². The largest absolute Gasteiger partial charge is 0.494 e. The molecule has 0 radical (unpaired) electrons. The van der Waals surface area contributed by atoms with Crippen LogP contribution in [-0.4, -0.2) is 42.4 Å². The second kappa shape index (κ2) is 11.5. The molecule has 0 saturated carbocycles. The Labute approximate surface area is 204 Å². The normalized spacial score (nSPS) is 15.1. The summed E-state index contributed by atoms with van der Waals surface area (Å²) >= 11 is 5.93. The number of carbonyl (C=O) groups is 1. The molecule has 3 aromatic rings. The first-order chi connectivity index (χ1) is 16.6. The Hall–Kier alpha value is -2.90. The Morgan fingerprint density at radius 2 is 1.85 bits per heavy atom. The van der Waals surface area contributed by atoms with Gasteiger partial charge >= 0.3 is 0 Å². The predicted octanol–water partition coefficient (Wildman–Crippen LogP) is 4.98. The molecule has 1 fully saturated rings. The van der Waals surface area contributed by atoms with Crippen molar-refractivity contribution in [2.24, 2.45) is 0 Å². The molecule has 0 bridgehead atoms. The van der Waals surface area contributed by atoms with Gasteiger partial charge in [0.15, 0.2) is 0 Å². The van der Waals surface area contributed by atoms with Crippen molar-refractivity contribution in [2.75, 3.05) is 26.4 Å². The van der Waals surface area contributed by atoms with E-state index < -0.39 is 0 Å². The molecule has 34 heavy (non-hydrogen) atoms. The molecule has 180 valence electrons. The molecule has 1 N–H and O–H groups in total. The van der Waals surface area contributed by atoms with Gasteiger partial charge in [-0.1, -0.05) is 28.9 Å². The molecule has 7 nitrogen and oxygen atoms in total. The van der Waals surface area contributed by atoms with Crippen LogP contribution in [0.2, 0.25) is 5.02 Å². The molecule has 0 aliphatic carbocycles. The molecule has 4 rings (SSSR count). The van der Waals surface area contributed by atoms with E-state index >= 15 is 0 Å². The molecule has 1 saturated heterocycles. The number of aryl methyl sites for hydroxylation is 1. The second-order valence-corrected chi connectivity index (χ2v) is 8.94. The van der Waals surface area contributed by atoms with Crippen molar-refractivity contribution in [2.45, 2.75) is 44.4 Å². The lowest BCUT2D eigenvalue weighted by Gasteiger charge is -2.38. The maximum absolute atomic E-state index is 12.6. The molecule has 0 unspecified atom stereocenters. The zero-order valence-corrected chi connectivity index (χ0v) is 20.1. The van der Waals surface area contributed by atoms with Crippen LogP contribution in [0.15, 0.2) is 53.1 Å². The summed E-state index contributed by atoms with van der Waals surface area (Å²) in [5, 5.41) is 7.83. The number of halogens is 1. The molecule has 0 atom stereocenters. The van der Waals surface area contributed by atoms with Gasteiger partial charge < -0.3 is 19.3 Å². The standard InChI is InChI=1S/C26H30ClN3O4/c1-2-33-22-12-8-20(9-13-22)26(14-16-32-17-15-26)18-28-23(31)4-3-5-24-29-25(30-34-24)19-6-10-21(27)11-7-19/h6-13H,2-5,14-18H2,1H3,(H,28,31). The van der Waals surface area contributed by atoms with Crippen LogP contribution in [0, 0.1) is 0 Å². The van der Waals surface area contributed by atoms with Gasteiger partial charge in [-0.25, -0.2) is 0 Å². The zero-order chi connectivity index (χ0) is 23.8. The molecule has 1 amide bonds. The monoisotopic (exact) mass is 483 g/mol. The number of nitrogens with zero attached hydrogens (tertiary/aromatic N) is 2. The fourth-order valence-electron chi connectivity index (χ4n) is 4.23. The summed E-state index contributed by atoms with van der Waals surface area (Å²) in [7, 11) is 0. The first kappa shape index (κ1) is 24.2. The van der Waals surface area contributed by atoms with Crippen LogP contribution in [0.4, 0.5) is 0 Å². The third-order valence-electron chi connectivity index (χ3n) is 6.22. The van der Waals surface area contributed by atoms with Crippen LogP contribution in [0.3, 0.4) is 0 Å². The van der Waals surface area contributed by atoms with E-state index in [1.807, 2.05) is 31.2 Å². The van der Waals surface area contributed by atoms with Crippen molar-refractivity contribution < 1.29 is 18.8 Å². The third-order valence-corrected chi connectivity index (χ3v) is 6.47. The molecule has 2 aromatic carbocycles. The van der Waals surface area contributed by atoms with Crippen LogP contribution in [-0.2, 0) is 21.4 Å². The molecule has 1 aliphatic rings. The Morgan fingerprint density at radius 3 is 2.56 bits per heavy atom. The van der Waals surface area contributed by atoms with Crippen molar-refractivity contribution in [1.82, 2.24) is 15.5 Å². The van der Waals surface area contributed by atoms with E-state index in [-0.39, 0.29) is 11.3 Å². The predicted molar refractivity (Wildman–Crippen MR) is 130 cm³/mol. The second-order valence-electron chi connectivity index (χ2n) is 8.50. The summed E-state index contributed by atoms with van der Waals surface area (Å²) in [6.45, 7) is 4.58. The zero-order valence-electron chi connectivity index (χ0n) is 19.4. The van der Waals surface area contributed by atoms with Gasteiger partial charge in [-0.05, 0) is 68.1 Å². The molecule has 1 aliphatic heterocycles. The van der Waals surface area contributed by atoms with E-state index in [0.717, 1.165) is 24.2 Å². The molecule has 1 aromatic heterocycles. The van der Waals surface area contributed by atoms with Gasteiger partial charge in [0.2, 0.25) is 17.6 Å². The van der Waals surface area contributed by atoms with E-state index in [2.05, 4.69) is 27.6 Å². The number of ether oxygens (including phenoxy) is 2. The van der Waals surface area contributed by atoms with E-state index in [4.69, 9.17) is 25.6 Å². The maximum Gasteiger partial charge on any atom is 0.226 e. The first-order valence-electron chi connectivity index (χ1n) is 11.7. The fourth-order valence-corrected chi connectivity index (χ4v) is 4.36. The van der Waals surface area contributed by atoms with Gasteiger partial charge in [-0.15, -0.1) is 0 Å². The molecule has 0 spiro atoms. The van der Waals surface area contributed by atoms with Crippen LogP contribution in [0.25, 0.3) is 11.4 Å². The van der Waals surface area contributed by atoms with Crippen LogP contribution >= 0.6 is 11.6 Å². The van der Waals surface area contributed by atoms with Crippen molar-refractivity contribution in [3.8, 4) is 17.1 Å². The van der Waals surface area contributed by atoms with Crippen molar-refractivity contribution in [1.29, 1.82) is 0 Å². The molecule has 2 heterocycles. The summed E-state index contributed by atoms with van der Waals surface area (Å²) in [5.74, 6) is 1.92. The summed E-state index contributed by atoms with van der Waals surface area (Å²) < 4.78 is 16.5. The number of hydrogen-bond donors (Lipinski definition) is 1. The number of benzene rings is 2. The first-order valence-corrected chi connectivity index (χ1v) is 12.1. The maximum atomic E-state index is 12.6. The number of amides is 1. The average Bonchev–Trinajstić information content (AvgIpc) is 3.33. The van der Waals surface area contributed by atoms with E-state index in [0.29, 0.717) is 62.4 Å². The SMILES string of the molecule is CCOc1ccc(C2(CNC(=O)CCCc3nc(-c4ccc(Cl)cc4)no3)CCOCC2)cc1. The van der Waals surface area contributed by atoms with Crippen LogP contribution < -0.4 is 10.1 Å². The Kier molecular flexibility index (Phi) is 8.19. The lowest BCUT2D eigenvalue weighted by molar-refractivity contribution is -0.121. The minimum atomic E-state index is -0.126. The van der Waals surface area contributed by atoms with Crippen molar-refractivity contribution in [3.63, 3.8) is 0 Å². The Morgan fingerprint density at radius 1 is 1.12 bits per heavy atom. The number of rotatable bonds is 10. The van der Waals surface area contributed by atoms with Gasteiger partial charge in [-0.3, -0.25) is 4.79 Å². The number of nitrogens with one attached hydrogen (secondary N) is 1. The number of aromatic nitrogens is 2. The van der Waals surface area contributed by atoms with E-state index in [9.17, 15) is 4.79 Å². The smallest absolute Gasteiger partial charge is 0.226 e. The van der Waals surface area contributed by atoms with Crippen LogP contribution in [0.1, 0.15) is 44.1 Å². The van der Waals surface area contributed by atoms with E-state index in [1.165, 1.54) is 5.56 Å². The molecular formula is C26H30ClN3O4. The highest BCUT2D eigenvalue weighted by Gasteiger charge is 2.34. The quantitative estimate of drug-likeness (QED) is 0.438. The average molecular weight is 484 g/mol. The highest BCUT2D eigenvalue weighted by Crippen LogP contribution is 2.35. The minimum Gasteiger partial charge on any atom is -0.494 e. The minimum absolute atomic E-state index is 0.0224. The highest BCUT2D eigenvalue weighted by atomic mass is 35.5. The van der Waals surface area contributed by atoms with Crippen molar-refractivity contribution >= 4 is 17.5 Å². The van der Waals surface area contributed by atoms with Gasteiger partial charge in [0.05, 0.1) is 6.61 Å². The Balaban J connectivity index is 1.28. The molecular weight excluding hydrogens is 454 g/mol. The van der Waals surface area contributed by atoms with Gasteiger partial charge in [0, 0.05) is 48.6 Å². The summed E-state index contributed by atoms with van der Waals surface area (Å²) in [4.78, 5) is 17.0. The van der Waals surface area contributed by atoms with Crippen LogP contribution in [0.5, 0.6) is 5.75 Å². The Bertz CT molecular complexity index is 1060. The summed E-state index contributed by atoms with van der Waals surface area (Å²) in [6.07, 6.45) is 3.32. The summed E-state index contributed by atoms with van der Waals surface area (Å²) in [5.41, 5.74) is 1.92.